The van der Waals surface area contributed by atoms with Crippen molar-refractivity contribution in [3.05, 3.63) is 0 Å². The van der Waals surface area contributed by atoms with Gasteiger partial charge in [0.25, 0.3) is 0 Å². The smallest absolute Gasteiger partial charge is 1.00 e. The van der Waals surface area contributed by atoms with Crippen molar-refractivity contribution in [2.24, 2.45) is 0 Å². The van der Waals surface area contributed by atoms with Crippen molar-refractivity contribution in [2.45, 2.75) is 6.10 Å². The Hall–Kier alpha value is 0.905. The first-order valence-corrected chi connectivity index (χ1v) is 2.39. The molecule has 9 heavy (non-hydrogen) atoms. The van der Waals surface area contributed by atoms with Crippen LogP contribution in [0.2, 0.25) is 0 Å². The van der Waals surface area contributed by atoms with E-state index in [0.717, 1.165) is 0 Å². The van der Waals surface area contributed by atoms with Crippen LogP contribution in [0.3, 0.4) is 0 Å². The van der Waals surface area contributed by atoms with Gasteiger partial charge in [-0.2, -0.15) is 0 Å². The summed E-state index contributed by atoms with van der Waals surface area (Å²) in [4.78, 5) is 0. The second-order valence-corrected chi connectivity index (χ2v) is 1.58. The Labute approximate surface area is 77.1 Å². The van der Waals surface area contributed by atoms with Gasteiger partial charge < -0.3 is 20.9 Å². The molecule has 0 bridgehead atoms. The van der Waals surface area contributed by atoms with Crippen LogP contribution >= 0.6 is 0 Å². The summed E-state index contributed by atoms with van der Waals surface area (Å²) in [6.07, 6.45) is -0.343. The van der Waals surface area contributed by atoms with Crippen molar-refractivity contribution in [3.63, 3.8) is 0 Å². The van der Waals surface area contributed by atoms with E-state index in [4.69, 9.17) is 10.1 Å². The van der Waals surface area contributed by atoms with Crippen LogP contribution in [-0.4, -0.2) is 36.8 Å². The average Bonchev–Trinajstić information content (AvgIpc) is 2.14. The molecule has 0 amide bonds. The zero-order valence-corrected chi connectivity index (χ0v) is 7.28. The van der Waals surface area contributed by atoms with Crippen LogP contribution in [-0.2, 0) is 9.31 Å². The van der Waals surface area contributed by atoms with Gasteiger partial charge in [-0.15, -0.1) is 0 Å². The van der Waals surface area contributed by atoms with E-state index in [-0.39, 0.29) is 50.3 Å². The molecule has 1 aliphatic heterocycles. The van der Waals surface area contributed by atoms with Gasteiger partial charge in [0.15, 0.2) is 0 Å². The van der Waals surface area contributed by atoms with E-state index in [9.17, 15) is 0 Å². The molecule has 0 aromatic carbocycles. The molecule has 0 aromatic rings. The quantitative estimate of drug-likeness (QED) is 0.362. The third-order valence-corrected chi connectivity index (χ3v) is 0.937. The van der Waals surface area contributed by atoms with Gasteiger partial charge in [-0.3, -0.25) is 0 Å². The van der Waals surface area contributed by atoms with Gasteiger partial charge in [0.2, 0.25) is 0 Å². The van der Waals surface area contributed by atoms with Crippen LogP contribution in [0, 0.1) is 0 Å². The average molecular weight is 142 g/mol. The number of aliphatic hydroxyl groups excluding tert-OH is 1. The first-order chi connectivity index (χ1) is 3.83. The molecule has 1 saturated heterocycles. The Morgan fingerprint density at radius 1 is 1.78 bits per heavy atom. The number of aliphatic hydroxyl groups is 1. The summed E-state index contributed by atoms with van der Waals surface area (Å²) >= 11 is 0. The minimum Gasteiger partial charge on any atom is -1.00 e. The minimum absolute atomic E-state index is 0. The Morgan fingerprint density at radius 2 is 2.44 bits per heavy atom. The van der Waals surface area contributed by atoms with Gasteiger partial charge in [-0.05, 0) is 0 Å². The third-order valence-electron chi connectivity index (χ3n) is 0.937. The van der Waals surface area contributed by atoms with Crippen LogP contribution in [0.1, 0.15) is 1.43 Å². The Bertz CT molecular complexity index is 86.9. The molecular weight excluding hydrogens is 134 g/mol. The predicted molar refractivity (Wildman–Crippen MR) is 27.0 cm³/mol. The second-order valence-electron chi connectivity index (χ2n) is 1.58. The van der Waals surface area contributed by atoms with Gasteiger partial charge in [0.05, 0.1) is 19.3 Å². The Morgan fingerprint density at radius 3 is 2.67 bits per heavy atom. The van der Waals surface area contributed by atoms with Crippen molar-refractivity contribution < 1.29 is 50.4 Å². The molecule has 6 heteroatoms. The maximum atomic E-state index is 8.48. The van der Waals surface area contributed by atoms with Crippen molar-refractivity contribution in [2.75, 3.05) is 13.2 Å². The minimum atomic E-state index is -1.13. The predicted octanol–water partition coefficient (Wildman–Crippen LogP) is -4.51. The fourth-order valence-corrected chi connectivity index (χ4v) is 0.529. The molecule has 0 aromatic heterocycles. The Balaban J connectivity index is 0. The van der Waals surface area contributed by atoms with Crippen molar-refractivity contribution in [1.29, 1.82) is 0 Å². The van der Waals surface area contributed by atoms with Crippen molar-refractivity contribution >= 4 is 7.32 Å². The van der Waals surface area contributed by atoms with Gasteiger partial charge in [-0.1, -0.05) is 0 Å². The molecule has 4 nitrogen and oxygen atoms in total. The molecular formula is C3H8BNaO4. The van der Waals surface area contributed by atoms with Crippen molar-refractivity contribution in [1.82, 2.24) is 0 Å². The van der Waals surface area contributed by atoms with Gasteiger partial charge in [0, 0.05) is 0 Å². The molecule has 1 heterocycles. The maximum absolute atomic E-state index is 8.48. The number of rotatable bonds is 1. The standard InChI is InChI=1S/C3H7BO4.Na.H/c5-1-3-2-7-4(6)8-3;;/h3,5-6H,1-2H2;;/q;+1;-1. The second kappa shape index (κ2) is 4.68. The molecule has 0 spiro atoms. The van der Waals surface area contributed by atoms with E-state index in [1.165, 1.54) is 0 Å². The molecule has 1 rings (SSSR count). The van der Waals surface area contributed by atoms with Crippen LogP contribution < -0.4 is 29.6 Å². The zero-order valence-electron chi connectivity index (χ0n) is 6.28. The van der Waals surface area contributed by atoms with E-state index in [1.807, 2.05) is 0 Å². The fraction of sp³-hybridized carbons (Fsp3) is 1.00. The molecule has 0 aliphatic carbocycles. The largest absolute Gasteiger partial charge is 1.00 e. The fourth-order valence-electron chi connectivity index (χ4n) is 0.529. The van der Waals surface area contributed by atoms with Gasteiger partial charge >= 0.3 is 36.9 Å². The molecule has 1 fully saturated rings. The normalized spacial score (nSPS) is 26.0. The number of hydrogen-bond donors (Lipinski definition) is 2. The summed E-state index contributed by atoms with van der Waals surface area (Å²) in [5.41, 5.74) is 0. The molecule has 0 radical (unpaired) electrons. The summed E-state index contributed by atoms with van der Waals surface area (Å²) < 4.78 is 9.12. The third kappa shape index (κ3) is 3.00. The van der Waals surface area contributed by atoms with Crippen LogP contribution in [0.25, 0.3) is 0 Å². The van der Waals surface area contributed by atoms with E-state index < -0.39 is 7.32 Å². The van der Waals surface area contributed by atoms with E-state index in [0.29, 0.717) is 0 Å². The molecule has 2 N–H and O–H groups in total. The van der Waals surface area contributed by atoms with Crippen LogP contribution in [0.4, 0.5) is 0 Å². The molecule has 1 unspecified atom stereocenters. The van der Waals surface area contributed by atoms with E-state index >= 15 is 0 Å². The first-order valence-electron chi connectivity index (χ1n) is 2.39. The molecule has 1 aliphatic rings. The van der Waals surface area contributed by atoms with E-state index in [2.05, 4.69) is 9.31 Å². The van der Waals surface area contributed by atoms with E-state index in [1.54, 1.807) is 0 Å². The summed E-state index contributed by atoms with van der Waals surface area (Å²) in [6.45, 7) is 0.175. The van der Waals surface area contributed by atoms with Gasteiger partial charge in [-0.25, -0.2) is 0 Å². The molecule has 48 valence electrons. The number of hydrogen-bond acceptors (Lipinski definition) is 4. The van der Waals surface area contributed by atoms with Crippen LogP contribution in [0.15, 0.2) is 0 Å². The molecule has 1 atom stereocenters. The van der Waals surface area contributed by atoms with Crippen LogP contribution in [0.5, 0.6) is 0 Å². The van der Waals surface area contributed by atoms with Gasteiger partial charge in [0.1, 0.15) is 0 Å². The summed E-state index contributed by atoms with van der Waals surface area (Å²) in [5.74, 6) is 0. The zero-order chi connectivity index (χ0) is 5.98. The molecule has 0 saturated carbocycles. The van der Waals surface area contributed by atoms with Crippen molar-refractivity contribution in [3.8, 4) is 0 Å². The summed E-state index contributed by atoms with van der Waals surface area (Å²) in [7, 11) is -1.13. The SMILES string of the molecule is OCC1COB(O)O1.[H-].[Na+]. The summed E-state index contributed by atoms with van der Waals surface area (Å²) in [5, 5.41) is 16.8. The Kier molecular flexibility index (Phi) is 5.15. The monoisotopic (exact) mass is 142 g/mol. The summed E-state index contributed by atoms with van der Waals surface area (Å²) in [6, 6.07) is 0. The first kappa shape index (κ1) is 9.90. The topological polar surface area (TPSA) is 58.9 Å². The maximum Gasteiger partial charge on any atom is 1.00 e.